The molecule has 1 aromatic carbocycles. The molecule has 0 aromatic heterocycles. The Morgan fingerprint density at radius 1 is 1.17 bits per heavy atom. The van der Waals surface area contributed by atoms with E-state index in [0.29, 0.717) is 12.1 Å². The lowest BCUT2D eigenvalue weighted by molar-refractivity contribution is 0.237. The normalized spacial score (nSPS) is 25.7. The minimum Gasteiger partial charge on any atom is -0.399 e. The first-order valence-electron chi connectivity index (χ1n) is 7.75. The third kappa shape index (κ3) is 2.09. The van der Waals surface area contributed by atoms with Crippen LogP contribution in [-0.2, 0) is 0 Å². The largest absolute Gasteiger partial charge is 0.399 e. The SMILES string of the molecule is CN1CC=C2C(C#N)=C(N)C(C#N)(C#N)[C@@H](c3ccccc3)[C@@H]2C1. The Labute approximate surface area is 141 Å². The predicted octanol–water partition coefficient (Wildman–Crippen LogP) is 2.04. The fourth-order valence-electron chi connectivity index (χ4n) is 3.86. The van der Waals surface area contributed by atoms with Crippen LogP contribution in [0.5, 0.6) is 0 Å². The van der Waals surface area contributed by atoms with E-state index in [2.05, 4.69) is 23.1 Å². The highest BCUT2D eigenvalue weighted by atomic mass is 15.1. The summed E-state index contributed by atoms with van der Waals surface area (Å²) in [6.45, 7) is 1.40. The summed E-state index contributed by atoms with van der Waals surface area (Å²) in [5.74, 6) is -0.521. The van der Waals surface area contributed by atoms with Gasteiger partial charge in [-0.25, -0.2) is 0 Å². The molecule has 0 saturated heterocycles. The van der Waals surface area contributed by atoms with Crippen molar-refractivity contribution in [2.24, 2.45) is 17.1 Å². The van der Waals surface area contributed by atoms with E-state index < -0.39 is 11.3 Å². The van der Waals surface area contributed by atoms with Crippen molar-refractivity contribution < 1.29 is 0 Å². The number of fused-ring (bicyclic) bond motifs is 1. The van der Waals surface area contributed by atoms with Crippen molar-refractivity contribution in [3.05, 3.63) is 58.8 Å². The van der Waals surface area contributed by atoms with E-state index in [-0.39, 0.29) is 11.6 Å². The first-order chi connectivity index (χ1) is 11.6. The summed E-state index contributed by atoms with van der Waals surface area (Å²) in [6, 6.07) is 15.9. The van der Waals surface area contributed by atoms with Crippen LogP contribution in [0, 0.1) is 45.3 Å². The van der Waals surface area contributed by atoms with Gasteiger partial charge in [0.15, 0.2) is 5.41 Å². The second kappa shape index (κ2) is 5.85. The topological polar surface area (TPSA) is 101 Å². The van der Waals surface area contributed by atoms with Crippen molar-refractivity contribution in [1.82, 2.24) is 4.90 Å². The average molecular weight is 315 g/mol. The van der Waals surface area contributed by atoms with E-state index >= 15 is 0 Å². The summed E-state index contributed by atoms with van der Waals surface area (Å²) in [5.41, 5.74) is 6.82. The smallest absolute Gasteiger partial charge is 0.191 e. The maximum Gasteiger partial charge on any atom is 0.191 e. The van der Waals surface area contributed by atoms with Crippen molar-refractivity contribution in [3.63, 3.8) is 0 Å². The average Bonchev–Trinajstić information content (AvgIpc) is 2.62. The van der Waals surface area contributed by atoms with Crippen LogP contribution in [0.1, 0.15) is 11.5 Å². The van der Waals surface area contributed by atoms with Crippen molar-refractivity contribution in [2.75, 3.05) is 20.1 Å². The minimum absolute atomic E-state index is 0.0795. The summed E-state index contributed by atoms with van der Waals surface area (Å²) < 4.78 is 0. The number of nitrogens with zero attached hydrogens (tertiary/aromatic N) is 4. The quantitative estimate of drug-likeness (QED) is 0.854. The lowest BCUT2D eigenvalue weighted by Crippen LogP contribution is -2.47. The Morgan fingerprint density at radius 2 is 1.83 bits per heavy atom. The molecule has 0 unspecified atom stereocenters. The fraction of sp³-hybridized carbons (Fsp3) is 0.316. The van der Waals surface area contributed by atoms with Gasteiger partial charge in [-0.05, 0) is 18.2 Å². The number of benzene rings is 1. The van der Waals surface area contributed by atoms with E-state index in [0.717, 1.165) is 17.7 Å². The van der Waals surface area contributed by atoms with Crippen LogP contribution in [0.2, 0.25) is 0 Å². The van der Waals surface area contributed by atoms with Crippen LogP contribution < -0.4 is 5.73 Å². The highest BCUT2D eigenvalue weighted by Crippen LogP contribution is 2.53. The van der Waals surface area contributed by atoms with Gasteiger partial charge >= 0.3 is 0 Å². The van der Waals surface area contributed by atoms with Crippen LogP contribution in [0.4, 0.5) is 0 Å². The molecule has 0 bridgehead atoms. The summed E-state index contributed by atoms with van der Waals surface area (Å²) in [6.07, 6.45) is 1.99. The zero-order valence-electron chi connectivity index (χ0n) is 13.4. The number of nitrogens with two attached hydrogens (primary N) is 1. The molecule has 5 nitrogen and oxygen atoms in total. The van der Waals surface area contributed by atoms with Gasteiger partial charge in [-0.3, -0.25) is 0 Å². The van der Waals surface area contributed by atoms with Gasteiger partial charge in [0, 0.05) is 24.9 Å². The highest BCUT2D eigenvalue weighted by molar-refractivity contribution is 5.59. The standard InChI is InChI=1S/C19H17N5/c1-24-8-7-14-15(9-20)18(23)19(11-21,12-22)17(16(14)10-24)13-5-3-2-4-6-13/h2-7,16-17H,8,10,23H2,1H3/t16-,17+/m1/s1. The Bertz CT molecular complexity index is 830. The number of hydrogen-bond acceptors (Lipinski definition) is 5. The molecule has 1 aliphatic heterocycles. The number of nitriles is 3. The maximum atomic E-state index is 9.88. The van der Waals surface area contributed by atoms with E-state index in [4.69, 9.17) is 5.73 Å². The number of hydrogen-bond donors (Lipinski definition) is 1. The zero-order valence-corrected chi connectivity index (χ0v) is 13.4. The van der Waals surface area contributed by atoms with Gasteiger partial charge in [-0.2, -0.15) is 15.8 Å². The summed E-state index contributed by atoms with van der Waals surface area (Å²) in [4.78, 5) is 2.13. The molecule has 0 spiro atoms. The van der Waals surface area contributed by atoms with Gasteiger partial charge in [0.2, 0.25) is 0 Å². The molecule has 5 heteroatoms. The Kier molecular flexibility index (Phi) is 3.86. The molecule has 2 atom stereocenters. The number of rotatable bonds is 1. The first-order valence-corrected chi connectivity index (χ1v) is 7.75. The first kappa shape index (κ1) is 15.8. The summed E-state index contributed by atoms with van der Waals surface area (Å²) in [5, 5.41) is 29.4. The van der Waals surface area contributed by atoms with Crippen LogP contribution >= 0.6 is 0 Å². The second-order valence-electron chi connectivity index (χ2n) is 6.31. The molecule has 118 valence electrons. The van der Waals surface area contributed by atoms with E-state index in [1.807, 2.05) is 43.5 Å². The van der Waals surface area contributed by atoms with Gasteiger partial charge < -0.3 is 10.6 Å². The van der Waals surface area contributed by atoms with Crippen molar-refractivity contribution in [1.29, 1.82) is 15.8 Å². The number of likely N-dealkylation sites (N-methyl/N-ethyl adjacent to an activating group) is 1. The second-order valence-corrected chi connectivity index (χ2v) is 6.31. The third-order valence-electron chi connectivity index (χ3n) is 5.01. The van der Waals surface area contributed by atoms with E-state index in [9.17, 15) is 15.8 Å². The van der Waals surface area contributed by atoms with Gasteiger partial charge in [0.25, 0.3) is 0 Å². The van der Waals surface area contributed by atoms with Crippen molar-refractivity contribution >= 4 is 0 Å². The zero-order chi connectivity index (χ0) is 17.3. The van der Waals surface area contributed by atoms with E-state index in [1.165, 1.54) is 0 Å². The molecule has 2 aliphatic rings. The van der Waals surface area contributed by atoms with Gasteiger partial charge in [0.1, 0.15) is 6.07 Å². The minimum atomic E-state index is -1.54. The summed E-state index contributed by atoms with van der Waals surface area (Å²) >= 11 is 0. The molecule has 0 radical (unpaired) electrons. The molecule has 1 aliphatic carbocycles. The van der Waals surface area contributed by atoms with Crippen LogP contribution in [0.15, 0.2) is 53.3 Å². The van der Waals surface area contributed by atoms with Crippen LogP contribution in [0.3, 0.4) is 0 Å². The van der Waals surface area contributed by atoms with Gasteiger partial charge in [-0.15, -0.1) is 0 Å². The van der Waals surface area contributed by atoms with Gasteiger partial charge in [-0.1, -0.05) is 36.4 Å². The van der Waals surface area contributed by atoms with Crippen molar-refractivity contribution in [2.45, 2.75) is 5.92 Å². The lowest BCUT2D eigenvalue weighted by atomic mass is 9.58. The van der Waals surface area contributed by atoms with Crippen LogP contribution in [-0.4, -0.2) is 25.0 Å². The molecule has 0 amide bonds. The van der Waals surface area contributed by atoms with Gasteiger partial charge in [0.05, 0.1) is 23.4 Å². The predicted molar refractivity (Wildman–Crippen MR) is 88.7 cm³/mol. The van der Waals surface area contributed by atoms with Crippen molar-refractivity contribution in [3.8, 4) is 18.2 Å². The molecule has 3 rings (SSSR count). The molecular weight excluding hydrogens is 298 g/mol. The molecule has 1 heterocycles. The monoisotopic (exact) mass is 315 g/mol. The number of allylic oxidation sites excluding steroid dienone is 2. The lowest BCUT2D eigenvalue weighted by Gasteiger charge is -2.45. The Morgan fingerprint density at radius 3 is 2.42 bits per heavy atom. The summed E-state index contributed by atoms with van der Waals surface area (Å²) in [7, 11) is 1.99. The molecule has 0 saturated carbocycles. The molecule has 2 N–H and O–H groups in total. The van der Waals surface area contributed by atoms with E-state index in [1.54, 1.807) is 0 Å². The highest BCUT2D eigenvalue weighted by Gasteiger charge is 2.54. The molecule has 0 fully saturated rings. The molecular formula is C19H17N5. The molecule has 1 aromatic rings. The Balaban J connectivity index is 2.33. The Hall–Kier alpha value is -3.07. The maximum absolute atomic E-state index is 9.88. The third-order valence-corrected chi connectivity index (χ3v) is 5.01. The fourth-order valence-corrected chi connectivity index (χ4v) is 3.86. The molecule has 24 heavy (non-hydrogen) atoms. The van der Waals surface area contributed by atoms with Crippen LogP contribution in [0.25, 0.3) is 0 Å².